The van der Waals surface area contributed by atoms with Crippen LogP contribution in [0.2, 0.25) is 0 Å². The second-order valence-corrected chi connectivity index (χ2v) is 6.84. The van der Waals surface area contributed by atoms with Crippen LogP contribution in [-0.4, -0.2) is 28.8 Å². The van der Waals surface area contributed by atoms with Crippen LogP contribution in [0.1, 0.15) is 13.3 Å². The summed E-state index contributed by atoms with van der Waals surface area (Å²) in [6.45, 7) is 1.69. The van der Waals surface area contributed by atoms with Gasteiger partial charge in [-0.3, -0.25) is 0 Å². The SMILES string of the molecule is CCCS(=O)(=O)Oc1ccccc1OS(C)(=O)=O. The summed E-state index contributed by atoms with van der Waals surface area (Å²) in [6, 6.07) is 5.68. The standard InChI is InChI=1S/C10H14O6S2/c1-3-8-18(13,14)16-10-7-5-4-6-9(10)15-17(2,11)12/h4-7H,3,8H2,1-2H3. The Bertz CT molecular complexity index is 603. The van der Waals surface area contributed by atoms with E-state index >= 15 is 0 Å². The summed E-state index contributed by atoms with van der Waals surface area (Å²) < 4.78 is 54.5. The minimum absolute atomic E-state index is 0.142. The number of para-hydroxylation sites is 2. The molecule has 0 radical (unpaired) electrons. The monoisotopic (exact) mass is 294 g/mol. The van der Waals surface area contributed by atoms with Gasteiger partial charge in [0, 0.05) is 0 Å². The van der Waals surface area contributed by atoms with Crippen LogP contribution < -0.4 is 8.37 Å². The summed E-state index contributed by atoms with van der Waals surface area (Å²) in [5, 5.41) is 0. The van der Waals surface area contributed by atoms with E-state index in [0.717, 1.165) is 6.26 Å². The third kappa shape index (κ3) is 4.92. The van der Waals surface area contributed by atoms with Crippen molar-refractivity contribution in [2.45, 2.75) is 13.3 Å². The van der Waals surface area contributed by atoms with Crippen molar-refractivity contribution in [1.82, 2.24) is 0 Å². The van der Waals surface area contributed by atoms with Crippen molar-refractivity contribution < 1.29 is 25.2 Å². The van der Waals surface area contributed by atoms with E-state index in [1.807, 2.05) is 0 Å². The summed E-state index contributed by atoms with van der Waals surface area (Å²) in [7, 11) is -7.48. The van der Waals surface area contributed by atoms with Gasteiger partial charge in [-0.15, -0.1) is 0 Å². The molecule has 0 heterocycles. The zero-order valence-electron chi connectivity index (χ0n) is 9.99. The highest BCUT2D eigenvalue weighted by atomic mass is 32.2. The molecule has 1 rings (SSSR count). The fourth-order valence-electron chi connectivity index (χ4n) is 1.18. The maximum Gasteiger partial charge on any atom is 0.309 e. The van der Waals surface area contributed by atoms with Crippen LogP contribution in [-0.2, 0) is 20.2 Å². The second kappa shape index (κ2) is 5.57. The average Bonchev–Trinajstić information content (AvgIpc) is 2.18. The molecule has 0 atom stereocenters. The third-order valence-electron chi connectivity index (χ3n) is 1.76. The first-order valence-electron chi connectivity index (χ1n) is 5.14. The van der Waals surface area contributed by atoms with Crippen LogP contribution in [0.5, 0.6) is 11.5 Å². The van der Waals surface area contributed by atoms with Gasteiger partial charge in [0.05, 0.1) is 12.0 Å². The molecule has 102 valence electrons. The number of hydrogen-bond donors (Lipinski definition) is 0. The normalized spacial score (nSPS) is 12.1. The number of rotatable bonds is 6. The van der Waals surface area contributed by atoms with E-state index in [9.17, 15) is 16.8 Å². The van der Waals surface area contributed by atoms with Gasteiger partial charge in [0.2, 0.25) is 0 Å². The van der Waals surface area contributed by atoms with Gasteiger partial charge in [-0.25, -0.2) is 0 Å². The summed E-state index contributed by atoms with van der Waals surface area (Å²) in [4.78, 5) is 0. The quantitative estimate of drug-likeness (QED) is 0.731. The molecule has 18 heavy (non-hydrogen) atoms. The highest BCUT2D eigenvalue weighted by molar-refractivity contribution is 7.87. The lowest BCUT2D eigenvalue weighted by Crippen LogP contribution is -2.14. The maximum absolute atomic E-state index is 11.5. The first-order valence-corrected chi connectivity index (χ1v) is 8.53. The number of hydrogen-bond acceptors (Lipinski definition) is 6. The van der Waals surface area contributed by atoms with Crippen LogP contribution in [0.25, 0.3) is 0 Å². The smallest absolute Gasteiger partial charge is 0.309 e. The largest absolute Gasteiger partial charge is 0.379 e. The van der Waals surface area contributed by atoms with Crippen molar-refractivity contribution in [3.63, 3.8) is 0 Å². The van der Waals surface area contributed by atoms with Gasteiger partial charge in [-0.2, -0.15) is 16.8 Å². The van der Waals surface area contributed by atoms with Crippen molar-refractivity contribution in [3.05, 3.63) is 24.3 Å². The fraction of sp³-hybridized carbons (Fsp3) is 0.400. The summed E-state index contributed by atoms with van der Waals surface area (Å²) >= 11 is 0. The highest BCUT2D eigenvalue weighted by Gasteiger charge is 2.17. The first kappa shape index (κ1) is 14.8. The molecule has 0 aliphatic carbocycles. The summed E-state index contributed by atoms with van der Waals surface area (Å²) in [6.07, 6.45) is 1.27. The first-order chi connectivity index (χ1) is 8.23. The van der Waals surface area contributed by atoms with E-state index < -0.39 is 20.2 Å². The van der Waals surface area contributed by atoms with Gasteiger partial charge in [-0.05, 0) is 18.6 Å². The van der Waals surface area contributed by atoms with Gasteiger partial charge in [0.15, 0.2) is 11.5 Å². The van der Waals surface area contributed by atoms with Crippen LogP contribution in [0.15, 0.2) is 24.3 Å². The summed E-state index contributed by atoms with van der Waals surface area (Å²) in [5.74, 6) is -0.448. The lowest BCUT2D eigenvalue weighted by molar-refractivity contribution is 0.452. The molecule has 1 aromatic rings. The Balaban J connectivity index is 3.03. The van der Waals surface area contributed by atoms with Crippen molar-refractivity contribution >= 4 is 20.2 Å². The van der Waals surface area contributed by atoms with Gasteiger partial charge < -0.3 is 8.37 Å². The van der Waals surface area contributed by atoms with Crippen LogP contribution in [0, 0.1) is 0 Å². The molecule has 0 fully saturated rings. The molecule has 0 N–H and O–H groups in total. The molecule has 6 nitrogen and oxygen atoms in total. The van der Waals surface area contributed by atoms with Gasteiger partial charge in [0.1, 0.15) is 0 Å². The maximum atomic E-state index is 11.5. The van der Waals surface area contributed by atoms with Crippen molar-refractivity contribution in [3.8, 4) is 11.5 Å². The average molecular weight is 294 g/mol. The van der Waals surface area contributed by atoms with Gasteiger partial charge in [0.25, 0.3) is 0 Å². The molecule has 0 amide bonds. The van der Waals surface area contributed by atoms with Crippen LogP contribution >= 0.6 is 0 Å². The lowest BCUT2D eigenvalue weighted by atomic mass is 10.3. The van der Waals surface area contributed by atoms with E-state index in [0.29, 0.717) is 6.42 Å². The van der Waals surface area contributed by atoms with Gasteiger partial charge in [-0.1, -0.05) is 19.1 Å². The zero-order chi connectivity index (χ0) is 13.8. The molecule has 0 aliphatic heterocycles. The van der Waals surface area contributed by atoms with Crippen molar-refractivity contribution in [1.29, 1.82) is 0 Å². The Morgan fingerprint density at radius 1 is 1.00 bits per heavy atom. The molecule has 0 aromatic heterocycles. The molecule has 0 bridgehead atoms. The second-order valence-electron chi connectivity index (χ2n) is 3.58. The Kier molecular flexibility index (Phi) is 4.58. The highest BCUT2D eigenvalue weighted by Crippen LogP contribution is 2.28. The van der Waals surface area contributed by atoms with Crippen molar-refractivity contribution in [2.24, 2.45) is 0 Å². The Morgan fingerprint density at radius 2 is 1.50 bits per heavy atom. The molecule has 0 saturated carbocycles. The number of benzene rings is 1. The van der Waals surface area contributed by atoms with E-state index in [1.54, 1.807) is 6.92 Å². The van der Waals surface area contributed by atoms with E-state index in [4.69, 9.17) is 4.18 Å². The minimum atomic E-state index is -3.74. The topological polar surface area (TPSA) is 86.7 Å². The Hall–Kier alpha value is -1.28. The third-order valence-corrected chi connectivity index (χ3v) is 3.59. The van der Waals surface area contributed by atoms with E-state index in [2.05, 4.69) is 4.18 Å². The van der Waals surface area contributed by atoms with Gasteiger partial charge >= 0.3 is 20.2 Å². The Morgan fingerprint density at radius 3 is 1.94 bits per heavy atom. The molecule has 0 saturated heterocycles. The fourth-order valence-corrected chi connectivity index (χ4v) is 2.64. The molecule has 0 unspecified atom stereocenters. The molecular formula is C10H14O6S2. The molecule has 1 aromatic carbocycles. The predicted molar refractivity (Wildman–Crippen MR) is 66.6 cm³/mol. The molecule has 0 aliphatic rings. The van der Waals surface area contributed by atoms with Crippen molar-refractivity contribution in [2.75, 3.05) is 12.0 Å². The minimum Gasteiger partial charge on any atom is -0.379 e. The van der Waals surface area contributed by atoms with E-state index in [1.165, 1.54) is 24.3 Å². The van der Waals surface area contributed by atoms with Crippen LogP contribution in [0.4, 0.5) is 0 Å². The predicted octanol–water partition coefficient (Wildman–Crippen LogP) is 1.14. The lowest BCUT2D eigenvalue weighted by Gasteiger charge is -2.10. The molecular weight excluding hydrogens is 280 g/mol. The Labute approximate surface area is 107 Å². The zero-order valence-corrected chi connectivity index (χ0v) is 11.6. The molecule has 8 heteroatoms. The summed E-state index contributed by atoms with van der Waals surface area (Å²) in [5.41, 5.74) is 0. The van der Waals surface area contributed by atoms with Crippen LogP contribution in [0.3, 0.4) is 0 Å². The van der Waals surface area contributed by atoms with E-state index in [-0.39, 0.29) is 17.3 Å². The molecule has 0 spiro atoms.